The summed E-state index contributed by atoms with van der Waals surface area (Å²) in [5, 5.41) is 19.2. The summed E-state index contributed by atoms with van der Waals surface area (Å²) in [7, 11) is 0. The zero-order chi connectivity index (χ0) is 10.0. The average Bonchev–Trinajstić information content (AvgIpc) is 2.03. The van der Waals surface area contributed by atoms with Crippen molar-refractivity contribution in [1.82, 2.24) is 10.2 Å². The molecule has 7 heteroatoms. The first kappa shape index (κ1) is 9.30. The highest BCUT2D eigenvalue weighted by molar-refractivity contribution is 5.88. The molecule has 1 fully saturated rings. The van der Waals surface area contributed by atoms with Gasteiger partial charge in [-0.15, -0.1) is 0 Å². The Kier molecular flexibility index (Phi) is 2.36. The number of carbonyl (C=O) groups excluding carboxylic acids is 1. The third-order valence-electron chi connectivity index (χ3n) is 1.64. The van der Waals surface area contributed by atoms with Gasteiger partial charge in [0.25, 0.3) is 0 Å². The summed E-state index contributed by atoms with van der Waals surface area (Å²) in [4.78, 5) is 32.4. The molecule has 0 aromatic rings. The number of aliphatic carboxylic acids is 1. The van der Waals surface area contributed by atoms with Crippen molar-refractivity contribution in [2.24, 2.45) is 0 Å². The van der Waals surface area contributed by atoms with Gasteiger partial charge < -0.3 is 15.5 Å². The van der Waals surface area contributed by atoms with E-state index in [9.17, 15) is 14.4 Å². The van der Waals surface area contributed by atoms with Crippen LogP contribution in [0.3, 0.4) is 0 Å². The van der Waals surface area contributed by atoms with E-state index in [1.165, 1.54) is 0 Å². The molecule has 1 atom stereocenters. The predicted octanol–water partition coefficient (Wildman–Crippen LogP) is -1.45. The predicted molar refractivity (Wildman–Crippen MR) is 39.2 cm³/mol. The lowest BCUT2D eigenvalue weighted by Crippen LogP contribution is -2.58. The van der Waals surface area contributed by atoms with E-state index in [1.54, 1.807) is 0 Å². The number of carbonyl (C=O) groups is 3. The Balaban J connectivity index is 2.68. The van der Waals surface area contributed by atoms with E-state index >= 15 is 0 Å². The topological polar surface area (TPSA) is 107 Å². The van der Waals surface area contributed by atoms with Gasteiger partial charge in [0, 0.05) is 0 Å². The van der Waals surface area contributed by atoms with Crippen LogP contribution in [0.1, 0.15) is 0 Å². The van der Waals surface area contributed by atoms with Gasteiger partial charge in [-0.05, 0) is 0 Å². The van der Waals surface area contributed by atoms with E-state index in [0.29, 0.717) is 0 Å². The van der Waals surface area contributed by atoms with E-state index in [1.807, 2.05) is 0 Å². The average molecular weight is 188 g/mol. The number of amides is 2. The van der Waals surface area contributed by atoms with Crippen LogP contribution >= 0.6 is 0 Å². The number of rotatable bonds is 1. The van der Waals surface area contributed by atoms with E-state index in [0.717, 1.165) is 4.90 Å². The fourth-order valence-corrected chi connectivity index (χ4v) is 1.03. The summed E-state index contributed by atoms with van der Waals surface area (Å²) in [5.74, 6) is -1.83. The molecule has 0 unspecified atom stereocenters. The maximum Gasteiger partial charge on any atom is 0.407 e. The first-order valence-corrected chi connectivity index (χ1v) is 3.50. The standard InChI is InChI=1S/C6H8N2O5/c9-4-2-8(6(12)13)1-3(7-4)5(10)11/h3H,1-2H2,(H,7,9)(H,10,11)(H,12,13)/t3-/m0/s1. The highest BCUT2D eigenvalue weighted by Crippen LogP contribution is 2.00. The Hall–Kier alpha value is -1.79. The van der Waals surface area contributed by atoms with Crippen molar-refractivity contribution in [3.63, 3.8) is 0 Å². The molecule has 1 rings (SSSR count). The van der Waals surface area contributed by atoms with E-state index in [2.05, 4.69) is 5.32 Å². The second kappa shape index (κ2) is 3.30. The van der Waals surface area contributed by atoms with Crippen LogP contribution in [0.5, 0.6) is 0 Å². The molecule has 1 heterocycles. The molecule has 0 saturated carbocycles. The number of nitrogens with zero attached hydrogens (tertiary/aromatic N) is 1. The third-order valence-corrected chi connectivity index (χ3v) is 1.64. The molecule has 0 aliphatic carbocycles. The zero-order valence-electron chi connectivity index (χ0n) is 6.56. The number of hydrogen-bond acceptors (Lipinski definition) is 3. The lowest BCUT2D eigenvalue weighted by atomic mass is 10.2. The summed E-state index contributed by atoms with van der Waals surface area (Å²) in [6.07, 6.45) is -1.29. The molecule has 0 bridgehead atoms. The van der Waals surface area contributed by atoms with Gasteiger partial charge in [-0.25, -0.2) is 9.59 Å². The summed E-state index contributed by atoms with van der Waals surface area (Å²) >= 11 is 0. The molecular weight excluding hydrogens is 180 g/mol. The molecule has 3 N–H and O–H groups in total. The van der Waals surface area contributed by atoms with Crippen LogP contribution in [0.15, 0.2) is 0 Å². The molecule has 1 saturated heterocycles. The number of carboxylic acid groups (broad SMARTS) is 2. The maximum atomic E-state index is 10.8. The number of carboxylic acids is 1. The lowest BCUT2D eigenvalue weighted by Gasteiger charge is -2.28. The highest BCUT2D eigenvalue weighted by Gasteiger charge is 2.31. The van der Waals surface area contributed by atoms with Crippen molar-refractivity contribution in [3.05, 3.63) is 0 Å². The smallest absolute Gasteiger partial charge is 0.407 e. The summed E-state index contributed by atoms with van der Waals surface area (Å²) < 4.78 is 0. The molecule has 1 aliphatic heterocycles. The van der Waals surface area contributed by atoms with Crippen LogP contribution in [0, 0.1) is 0 Å². The van der Waals surface area contributed by atoms with Crippen molar-refractivity contribution in [1.29, 1.82) is 0 Å². The molecule has 0 aromatic heterocycles. The Bertz CT molecular complexity index is 240. The quantitative estimate of drug-likeness (QED) is 0.466. The van der Waals surface area contributed by atoms with Crippen LogP contribution in [-0.4, -0.2) is 52.2 Å². The molecule has 2 amide bonds. The van der Waals surface area contributed by atoms with Crippen molar-refractivity contribution in [2.45, 2.75) is 6.04 Å². The van der Waals surface area contributed by atoms with Crippen LogP contribution < -0.4 is 5.32 Å². The van der Waals surface area contributed by atoms with E-state index < -0.39 is 24.0 Å². The molecule has 0 radical (unpaired) electrons. The monoisotopic (exact) mass is 188 g/mol. The molecule has 0 aromatic carbocycles. The van der Waals surface area contributed by atoms with Gasteiger partial charge in [0.15, 0.2) is 0 Å². The largest absolute Gasteiger partial charge is 0.480 e. The Labute approximate surface area is 72.9 Å². The lowest BCUT2D eigenvalue weighted by molar-refractivity contribution is -0.144. The van der Waals surface area contributed by atoms with Crippen molar-refractivity contribution in [2.75, 3.05) is 13.1 Å². The van der Waals surface area contributed by atoms with Gasteiger partial charge in [0.1, 0.15) is 12.6 Å². The summed E-state index contributed by atoms with van der Waals surface area (Å²) in [6.45, 7) is -0.518. The van der Waals surface area contributed by atoms with Crippen molar-refractivity contribution >= 4 is 18.0 Å². The zero-order valence-corrected chi connectivity index (χ0v) is 6.56. The minimum atomic E-state index is -1.29. The Morgan fingerprint density at radius 1 is 1.46 bits per heavy atom. The van der Waals surface area contributed by atoms with E-state index in [4.69, 9.17) is 10.2 Å². The Morgan fingerprint density at radius 3 is 2.54 bits per heavy atom. The van der Waals surface area contributed by atoms with Gasteiger partial charge in [-0.1, -0.05) is 0 Å². The van der Waals surface area contributed by atoms with Gasteiger partial charge in [-0.2, -0.15) is 0 Å². The van der Waals surface area contributed by atoms with Gasteiger partial charge in [0.05, 0.1) is 6.54 Å². The van der Waals surface area contributed by atoms with Crippen molar-refractivity contribution in [3.8, 4) is 0 Å². The number of hydrogen-bond donors (Lipinski definition) is 3. The SMILES string of the molecule is O=C1CN(C(=O)O)C[C@@H](C(=O)O)N1. The van der Waals surface area contributed by atoms with Crippen LogP contribution in [-0.2, 0) is 9.59 Å². The molecular formula is C6H8N2O5. The van der Waals surface area contributed by atoms with Crippen LogP contribution in [0.4, 0.5) is 4.79 Å². The van der Waals surface area contributed by atoms with E-state index in [-0.39, 0.29) is 13.1 Å². The summed E-state index contributed by atoms with van der Waals surface area (Å²) in [6, 6.07) is -1.14. The van der Waals surface area contributed by atoms with Gasteiger partial charge in [-0.3, -0.25) is 9.69 Å². The molecule has 1 aliphatic rings. The highest BCUT2D eigenvalue weighted by atomic mass is 16.4. The summed E-state index contributed by atoms with van der Waals surface area (Å²) in [5.41, 5.74) is 0. The third kappa shape index (κ3) is 2.08. The first-order chi connectivity index (χ1) is 6.00. The van der Waals surface area contributed by atoms with Crippen LogP contribution in [0.2, 0.25) is 0 Å². The minimum absolute atomic E-state index is 0.212. The maximum absolute atomic E-state index is 10.8. The second-order valence-electron chi connectivity index (χ2n) is 2.62. The molecule has 0 spiro atoms. The molecule has 72 valence electrons. The fraction of sp³-hybridized carbons (Fsp3) is 0.500. The Morgan fingerprint density at radius 2 is 2.08 bits per heavy atom. The van der Waals surface area contributed by atoms with Gasteiger partial charge in [0.2, 0.25) is 5.91 Å². The minimum Gasteiger partial charge on any atom is -0.480 e. The van der Waals surface area contributed by atoms with Crippen molar-refractivity contribution < 1.29 is 24.6 Å². The van der Waals surface area contributed by atoms with Crippen LogP contribution in [0.25, 0.3) is 0 Å². The second-order valence-corrected chi connectivity index (χ2v) is 2.62. The number of nitrogens with one attached hydrogen (secondary N) is 1. The fourth-order valence-electron chi connectivity index (χ4n) is 1.03. The first-order valence-electron chi connectivity index (χ1n) is 3.50. The normalized spacial score (nSPS) is 22.3. The molecule has 13 heavy (non-hydrogen) atoms. The number of piperazine rings is 1. The molecule has 7 nitrogen and oxygen atoms in total. The van der Waals surface area contributed by atoms with Gasteiger partial charge >= 0.3 is 12.1 Å².